The minimum absolute atomic E-state index is 0.152. The van der Waals surface area contributed by atoms with E-state index in [0.29, 0.717) is 22.4 Å². The second kappa shape index (κ2) is 7.04. The van der Waals surface area contributed by atoms with Crippen LogP contribution in [0.5, 0.6) is 5.75 Å². The second-order valence-corrected chi connectivity index (χ2v) is 5.16. The molecule has 6 nitrogen and oxygen atoms in total. The molecule has 114 valence electrons. The number of carbonyl (C=O) groups is 1. The van der Waals surface area contributed by atoms with Crippen molar-refractivity contribution in [1.29, 1.82) is 0 Å². The highest BCUT2D eigenvalue weighted by Crippen LogP contribution is 2.27. The summed E-state index contributed by atoms with van der Waals surface area (Å²) in [7, 11) is 0. The number of nitrogens with zero attached hydrogens (tertiary/aromatic N) is 1. The summed E-state index contributed by atoms with van der Waals surface area (Å²) < 4.78 is 6.02. The first-order valence-electron chi connectivity index (χ1n) is 6.50. The van der Waals surface area contributed by atoms with Gasteiger partial charge >= 0.3 is 0 Å². The Hall–Kier alpha value is -2.41. The maximum absolute atomic E-state index is 12.2. The van der Waals surface area contributed by atoms with Gasteiger partial charge in [0.1, 0.15) is 11.4 Å². The van der Waals surface area contributed by atoms with Crippen LogP contribution in [0.3, 0.4) is 0 Å². The number of nitrogens with one attached hydrogen (secondary N) is 1. The summed E-state index contributed by atoms with van der Waals surface area (Å²) in [4.78, 5) is 22.6. The van der Waals surface area contributed by atoms with Gasteiger partial charge in [0.05, 0.1) is 16.0 Å². The SMILES string of the molecule is CCOc1ccc(C(=O)Nc2ccccc2[N+](=O)[O-])cc1Br. The summed E-state index contributed by atoms with van der Waals surface area (Å²) in [5, 5.41) is 13.5. The Morgan fingerprint density at radius 3 is 2.68 bits per heavy atom. The number of anilines is 1. The Morgan fingerprint density at radius 2 is 2.05 bits per heavy atom. The van der Waals surface area contributed by atoms with Gasteiger partial charge in [-0.25, -0.2) is 0 Å². The minimum atomic E-state index is -0.538. The highest BCUT2D eigenvalue weighted by molar-refractivity contribution is 9.10. The number of benzene rings is 2. The van der Waals surface area contributed by atoms with Crippen molar-refractivity contribution >= 4 is 33.2 Å². The molecule has 0 unspecified atom stereocenters. The summed E-state index contributed by atoms with van der Waals surface area (Å²) in [5.41, 5.74) is 0.372. The Balaban J connectivity index is 2.23. The molecule has 2 rings (SSSR count). The van der Waals surface area contributed by atoms with Crippen molar-refractivity contribution in [3.8, 4) is 5.75 Å². The maximum atomic E-state index is 12.2. The molecule has 7 heteroatoms. The molecular formula is C15H13BrN2O4. The van der Waals surface area contributed by atoms with E-state index in [1.807, 2.05) is 6.92 Å². The van der Waals surface area contributed by atoms with E-state index in [1.165, 1.54) is 12.1 Å². The van der Waals surface area contributed by atoms with Gasteiger partial charge in [0, 0.05) is 11.6 Å². The van der Waals surface area contributed by atoms with Gasteiger partial charge in [-0.05, 0) is 47.1 Å². The van der Waals surface area contributed by atoms with E-state index in [0.717, 1.165) is 0 Å². The zero-order valence-electron chi connectivity index (χ0n) is 11.7. The first-order chi connectivity index (χ1) is 10.5. The predicted octanol–water partition coefficient (Wildman–Crippen LogP) is 4.01. The van der Waals surface area contributed by atoms with E-state index in [1.54, 1.807) is 30.3 Å². The summed E-state index contributed by atoms with van der Waals surface area (Å²) in [6.07, 6.45) is 0. The van der Waals surface area contributed by atoms with Crippen LogP contribution in [0.4, 0.5) is 11.4 Å². The molecule has 0 saturated carbocycles. The number of hydrogen-bond acceptors (Lipinski definition) is 4. The molecule has 22 heavy (non-hydrogen) atoms. The quantitative estimate of drug-likeness (QED) is 0.641. The van der Waals surface area contributed by atoms with Crippen LogP contribution in [0, 0.1) is 10.1 Å². The maximum Gasteiger partial charge on any atom is 0.292 e. The highest BCUT2D eigenvalue weighted by atomic mass is 79.9. The largest absolute Gasteiger partial charge is 0.493 e. The Kier molecular flexibility index (Phi) is 5.11. The fourth-order valence-corrected chi connectivity index (χ4v) is 2.34. The van der Waals surface area contributed by atoms with Crippen LogP contribution in [0.1, 0.15) is 17.3 Å². The molecule has 0 bridgehead atoms. The van der Waals surface area contributed by atoms with Crippen molar-refractivity contribution in [2.75, 3.05) is 11.9 Å². The first-order valence-corrected chi connectivity index (χ1v) is 7.29. The van der Waals surface area contributed by atoms with Crippen LogP contribution in [-0.2, 0) is 0 Å². The van der Waals surface area contributed by atoms with E-state index < -0.39 is 10.8 Å². The molecule has 0 fully saturated rings. The summed E-state index contributed by atoms with van der Waals surface area (Å²) >= 11 is 3.33. The van der Waals surface area contributed by atoms with Crippen molar-refractivity contribution in [3.63, 3.8) is 0 Å². The van der Waals surface area contributed by atoms with Gasteiger partial charge in [-0.3, -0.25) is 14.9 Å². The molecule has 0 aromatic heterocycles. The molecule has 0 saturated heterocycles. The number of hydrogen-bond donors (Lipinski definition) is 1. The van der Waals surface area contributed by atoms with Crippen molar-refractivity contribution in [2.24, 2.45) is 0 Å². The molecule has 1 N–H and O–H groups in total. The van der Waals surface area contributed by atoms with E-state index in [-0.39, 0.29) is 11.4 Å². The number of carbonyl (C=O) groups excluding carboxylic acids is 1. The lowest BCUT2D eigenvalue weighted by Gasteiger charge is -2.09. The predicted molar refractivity (Wildman–Crippen MR) is 86.4 cm³/mol. The van der Waals surface area contributed by atoms with Gasteiger partial charge in [0.25, 0.3) is 11.6 Å². The average molecular weight is 365 g/mol. The van der Waals surface area contributed by atoms with Crippen molar-refractivity contribution in [2.45, 2.75) is 6.92 Å². The molecule has 0 aliphatic carbocycles. The third-order valence-corrected chi connectivity index (χ3v) is 3.46. The monoisotopic (exact) mass is 364 g/mol. The van der Waals surface area contributed by atoms with Crippen LogP contribution in [0.15, 0.2) is 46.9 Å². The Labute approximate surface area is 135 Å². The normalized spacial score (nSPS) is 10.1. The van der Waals surface area contributed by atoms with Crippen molar-refractivity contribution in [3.05, 3.63) is 62.6 Å². The number of nitro groups is 1. The first kappa shape index (κ1) is 16.0. The van der Waals surface area contributed by atoms with E-state index in [9.17, 15) is 14.9 Å². The smallest absolute Gasteiger partial charge is 0.292 e. The third kappa shape index (κ3) is 3.62. The third-order valence-electron chi connectivity index (χ3n) is 2.84. The lowest BCUT2D eigenvalue weighted by atomic mass is 10.2. The Morgan fingerprint density at radius 1 is 1.32 bits per heavy atom. The van der Waals surface area contributed by atoms with Gasteiger partial charge in [0.15, 0.2) is 0 Å². The van der Waals surface area contributed by atoms with Crippen LogP contribution in [0.25, 0.3) is 0 Å². The zero-order chi connectivity index (χ0) is 16.1. The minimum Gasteiger partial charge on any atom is -0.493 e. The molecule has 0 aliphatic heterocycles. The number of ether oxygens (including phenoxy) is 1. The summed E-state index contributed by atoms with van der Waals surface area (Å²) in [6, 6.07) is 10.9. The van der Waals surface area contributed by atoms with Crippen LogP contribution in [0.2, 0.25) is 0 Å². The van der Waals surface area contributed by atoms with Crippen LogP contribution < -0.4 is 10.1 Å². The van der Waals surface area contributed by atoms with Crippen LogP contribution in [-0.4, -0.2) is 17.4 Å². The lowest BCUT2D eigenvalue weighted by Crippen LogP contribution is -2.13. The molecule has 0 aliphatic rings. The molecule has 0 spiro atoms. The molecule has 0 radical (unpaired) electrons. The van der Waals surface area contributed by atoms with Gasteiger partial charge in [-0.1, -0.05) is 12.1 Å². The lowest BCUT2D eigenvalue weighted by molar-refractivity contribution is -0.383. The van der Waals surface area contributed by atoms with E-state index >= 15 is 0 Å². The number of para-hydroxylation sites is 2. The highest BCUT2D eigenvalue weighted by Gasteiger charge is 2.16. The standard InChI is InChI=1S/C15H13BrN2O4/c1-2-22-14-8-7-10(9-11(14)16)15(19)17-12-5-3-4-6-13(12)18(20)21/h3-9H,2H2,1H3,(H,17,19). The molecule has 0 heterocycles. The van der Waals surface area contributed by atoms with Gasteiger partial charge in [-0.2, -0.15) is 0 Å². The van der Waals surface area contributed by atoms with Crippen molar-refractivity contribution < 1.29 is 14.5 Å². The van der Waals surface area contributed by atoms with Gasteiger partial charge < -0.3 is 10.1 Å². The van der Waals surface area contributed by atoms with Crippen molar-refractivity contribution in [1.82, 2.24) is 0 Å². The number of rotatable bonds is 5. The molecular weight excluding hydrogens is 352 g/mol. The average Bonchev–Trinajstić information content (AvgIpc) is 2.49. The number of amides is 1. The number of halogens is 1. The topological polar surface area (TPSA) is 81.5 Å². The summed E-state index contributed by atoms with van der Waals surface area (Å²) in [6.45, 7) is 2.38. The number of nitro benzene ring substituents is 1. The van der Waals surface area contributed by atoms with E-state index in [2.05, 4.69) is 21.2 Å². The zero-order valence-corrected chi connectivity index (χ0v) is 13.3. The molecule has 1 amide bonds. The molecule has 2 aromatic carbocycles. The Bertz CT molecular complexity index is 718. The van der Waals surface area contributed by atoms with E-state index in [4.69, 9.17) is 4.74 Å². The van der Waals surface area contributed by atoms with Gasteiger partial charge in [0.2, 0.25) is 0 Å². The fraction of sp³-hybridized carbons (Fsp3) is 0.133. The second-order valence-electron chi connectivity index (χ2n) is 4.31. The van der Waals surface area contributed by atoms with Gasteiger partial charge in [-0.15, -0.1) is 0 Å². The molecule has 0 atom stereocenters. The van der Waals surface area contributed by atoms with Crippen LogP contribution >= 0.6 is 15.9 Å². The molecule has 2 aromatic rings. The fourth-order valence-electron chi connectivity index (χ4n) is 1.85. The summed E-state index contributed by atoms with van der Waals surface area (Å²) in [5.74, 6) is 0.197.